The van der Waals surface area contributed by atoms with Gasteiger partial charge in [-0.25, -0.2) is 0 Å². The Hall–Kier alpha value is -3.15. The maximum atomic E-state index is 12.2. The molecule has 0 atom stereocenters. The Morgan fingerprint density at radius 3 is 2.15 bits per heavy atom. The monoisotopic (exact) mass is 951 g/mol. The first kappa shape index (κ1) is 44.6. The number of rotatable bonds is 11. The Morgan fingerprint density at radius 2 is 1.53 bits per heavy atom. The predicted octanol–water partition coefficient (Wildman–Crippen LogP) is 15.3. The first-order chi connectivity index (χ1) is 25.5. The Bertz CT molecular complexity index is 2290. The van der Waals surface area contributed by atoms with Crippen LogP contribution in [0.5, 0.6) is 0 Å². The van der Waals surface area contributed by atoms with Crippen molar-refractivity contribution < 1.29 is 30.0 Å². The minimum atomic E-state index is -0.337. The van der Waals surface area contributed by atoms with E-state index in [9.17, 15) is 9.90 Å². The van der Waals surface area contributed by atoms with E-state index in [1.165, 1.54) is 58.1 Å². The number of aliphatic hydroxyl groups is 1. The van der Waals surface area contributed by atoms with Gasteiger partial charge in [-0.1, -0.05) is 117 Å². The van der Waals surface area contributed by atoms with Crippen molar-refractivity contribution in [3.8, 4) is 21.7 Å². The van der Waals surface area contributed by atoms with Crippen LogP contribution in [0.15, 0.2) is 78.7 Å². The van der Waals surface area contributed by atoms with Gasteiger partial charge in [0.25, 0.3) is 0 Å². The van der Waals surface area contributed by atoms with Gasteiger partial charge in [-0.05, 0) is 79.5 Å². The van der Waals surface area contributed by atoms with Gasteiger partial charge in [-0.2, -0.15) is 0 Å². The molecule has 0 unspecified atom stereocenters. The second kappa shape index (κ2) is 18.0. The summed E-state index contributed by atoms with van der Waals surface area (Å²) in [6, 6.07) is 25.9. The van der Waals surface area contributed by atoms with Crippen LogP contribution in [0.2, 0.25) is 0 Å². The maximum Gasteiger partial charge on any atom is 0.164 e. The third kappa shape index (κ3) is 9.36. The van der Waals surface area contributed by atoms with Crippen LogP contribution in [0.25, 0.3) is 52.6 Å². The quantitative estimate of drug-likeness (QED) is 0.0800. The molecule has 0 amide bonds. The number of hydrogen-bond acceptors (Lipinski definition) is 5. The van der Waals surface area contributed by atoms with E-state index in [2.05, 4.69) is 108 Å². The number of benzene rings is 3. The number of aryl methyl sites for hydroxylation is 1. The third-order valence-electron chi connectivity index (χ3n) is 11.8. The molecule has 0 aliphatic carbocycles. The Morgan fingerprint density at radius 1 is 0.873 bits per heavy atom. The first-order valence-electron chi connectivity index (χ1n) is 19.8. The summed E-state index contributed by atoms with van der Waals surface area (Å²) < 4.78 is 2.62. The molecule has 0 aliphatic heterocycles. The van der Waals surface area contributed by atoms with E-state index in [1.54, 1.807) is 0 Å². The molecule has 3 aromatic heterocycles. The van der Waals surface area contributed by atoms with E-state index in [4.69, 9.17) is 4.98 Å². The van der Waals surface area contributed by atoms with Crippen molar-refractivity contribution in [1.82, 2.24) is 4.98 Å². The van der Waals surface area contributed by atoms with Crippen molar-refractivity contribution in [2.75, 3.05) is 0 Å². The van der Waals surface area contributed by atoms with Gasteiger partial charge in [0.1, 0.15) is 5.76 Å². The van der Waals surface area contributed by atoms with Gasteiger partial charge in [0.15, 0.2) is 5.78 Å². The molecule has 3 aromatic carbocycles. The summed E-state index contributed by atoms with van der Waals surface area (Å²) >= 11 is 3.82. The molecule has 0 spiro atoms. The van der Waals surface area contributed by atoms with Crippen LogP contribution in [0.4, 0.5) is 0 Å². The smallest absolute Gasteiger partial charge is 0.164 e. The molecule has 0 saturated carbocycles. The summed E-state index contributed by atoms with van der Waals surface area (Å²) in [5.41, 5.74) is 5.64. The zero-order valence-electron chi connectivity index (χ0n) is 35.0. The molecule has 1 N–H and O–H groups in total. The molecule has 3 heterocycles. The largest absolute Gasteiger partial charge is 0.512 e. The number of carbonyl (C=O) groups is 1. The summed E-state index contributed by atoms with van der Waals surface area (Å²) in [4.78, 5) is 19.9. The van der Waals surface area contributed by atoms with Crippen molar-refractivity contribution in [2.24, 2.45) is 16.7 Å². The van der Waals surface area contributed by atoms with Crippen LogP contribution in [0.1, 0.15) is 118 Å². The fourth-order valence-corrected chi connectivity index (χ4v) is 9.71. The number of hydrogen-bond donors (Lipinski definition) is 1. The zero-order valence-corrected chi connectivity index (χ0v) is 39.0. The molecule has 0 fully saturated rings. The van der Waals surface area contributed by atoms with E-state index >= 15 is 0 Å². The van der Waals surface area contributed by atoms with Gasteiger partial charge in [0.2, 0.25) is 0 Å². The van der Waals surface area contributed by atoms with Crippen LogP contribution < -0.4 is 0 Å². The van der Waals surface area contributed by atoms with Crippen LogP contribution in [-0.4, -0.2) is 15.9 Å². The second-order valence-corrected chi connectivity index (χ2v) is 19.1. The molecule has 1 radical (unpaired) electrons. The Balaban J connectivity index is 0.000000320. The van der Waals surface area contributed by atoms with E-state index in [-0.39, 0.29) is 47.9 Å². The van der Waals surface area contributed by atoms with Crippen molar-refractivity contribution >= 4 is 59.4 Å². The number of pyridine rings is 1. The number of thiophene rings is 2. The summed E-state index contributed by atoms with van der Waals surface area (Å²) in [6.07, 6.45) is 7.84. The van der Waals surface area contributed by atoms with Gasteiger partial charge >= 0.3 is 0 Å². The van der Waals surface area contributed by atoms with E-state index < -0.39 is 0 Å². The van der Waals surface area contributed by atoms with E-state index in [1.807, 2.05) is 70.4 Å². The average molecular weight is 951 g/mol. The van der Waals surface area contributed by atoms with Crippen LogP contribution in [0, 0.1) is 29.7 Å². The van der Waals surface area contributed by atoms with Gasteiger partial charge in [0, 0.05) is 79.0 Å². The summed E-state index contributed by atoms with van der Waals surface area (Å²) in [5.74, 6) is 0.943. The number of carbonyl (C=O) groups excluding carboxylic acids is 1. The SMILES string of the molecule is CCC(C)(CC)C(=O)/C=C(\O)C(C)(CC)CC.Cc1c(CC(C)C)sc2cccc(-c3cc4ccnc(-c5[c-]c6ccccc6c(C(C)(C)C)c5)c4s3)c12.[Ir]. The van der Waals surface area contributed by atoms with Crippen LogP contribution in [0.3, 0.4) is 0 Å². The number of aliphatic hydroxyl groups excluding tert-OH is 1. The van der Waals surface area contributed by atoms with Crippen molar-refractivity contribution in [2.45, 2.75) is 121 Å². The van der Waals surface area contributed by atoms with E-state index in [0.717, 1.165) is 48.7 Å². The molecule has 0 aliphatic rings. The normalized spacial score (nSPS) is 12.6. The fraction of sp³-hybridized carbons (Fsp3) is 0.429. The summed E-state index contributed by atoms with van der Waals surface area (Å²) in [6.45, 7) is 25.9. The Labute approximate surface area is 352 Å². The molecule has 0 bridgehead atoms. The fourth-order valence-electron chi connectivity index (χ4n) is 7.07. The first-order valence-corrected chi connectivity index (χ1v) is 21.4. The molecular weight excluding hydrogens is 891 g/mol. The second-order valence-electron chi connectivity index (χ2n) is 16.9. The van der Waals surface area contributed by atoms with E-state index in [0.29, 0.717) is 5.92 Å². The number of allylic oxidation sites excluding steroid dienone is 2. The van der Waals surface area contributed by atoms with Gasteiger partial charge < -0.3 is 5.11 Å². The topological polar surface area (TPSA) is 50.2 Å². The van der Waals surface area contributed by atoms with Gasteiger partial charge in [-0.15, -0.1) is 51.8 Å². The zero-order chi connectivity index (χ0) is 39.6. The molecule has 55 heavy (non-hydrogen) atoms. The molecular formula is C49H60IrNO2S2-. The van der Waals surface area contributed by atoms with Crippen LogP contribution in [-0.2, 0) is 36.7 Å². The molecule has 6 aromatic rings. The summed E-state index contributed by atoms with van der Waals surface area (Å²) in [7, 11) is 0. The number of aromatic nitrogens is 1. The van der Waals surface area contributed by atoms with Gasteiger partial charge in [-0.3, -0.25) is 9.78 Å². The minimum Gasteiger partial charge on any atom is -0.512 e. The minimum absolute atomic E-state index is 0. The Kier molecular flexibility index (Phi) is 14.6. The van der Waals surface area contributed by atoms with Crippen LogP contribution >= 0.6 is 22.7 Å². The number of nitrogens with zero attached hydrogens (tertiary/aromatic N) is 1. The third-order valence-corrected chi connectivity index (χ3v) is 14.3. The van der Waals surface area contributed by atoms with Gasteiger partial charge in [0.05, 0.1) is 0 Å². The molecule has 3 nitrogen and oxygen atoms in total. The number of ketones is 1. The maximum absolute atomic E-state index is 12.2. The van der Waals surface area contributed by atoms with Crippen molar-refractivity contribution in [1.29, 1.82) is 0 Å². The standard InChI is InChI=1S/C34H32NS2.C15H28O2.Ir/c1-20(2)16-29-21(3)31-26(12-9-13-28(31)36-29)30-19-23-14-15-35-32(33(23)37-30)24-17-22-10-7-8-11-25(22)27(18-24)34(4,5)6;1-7-14(5,8-2)12(16)11-13(17)15(6,9-3)10-4;/h7-15,18-20H,16H2,1-6H3;11,16H,7-10H2,1-6H3;/q-1;;/b;12-11-;. The molecule has 6 heteroatoms. The predicted molar refractivity (Wildman–Crippen MR) is 237 cm³/mol. The van der Waals surface area contributed by atoms with Crippen molar-refractivity contribution in [3.63, 3.8) is 0 Å². The summed E-state index contributed by atoms with van der Waals surface area (Å²) in [5, 5.41) is 15.2. The molecule has 6 rings (SSSR count). The molecule has 295 valence electrons. The van der Waals surface area contributed by atoms with Crippen molar-refractivity contribution in [3.05, 3.63) is 101 Å². The average Bonchev–Trinajstić information content (AvgIpc) is 3.73. The number of fused-ring (bicyclic) bond motifs is 3. The molecule has 0 saturated heterocycles.